The molecule has 0 aromatic heterocycles. The van der Waals surface area contributed by atoms with Crippen LogP contribution in [0.1, 0.15) is 72.9 Å². The average Bonchev–Trinajstić information content (AvgIpc) is 3.79. The number of hydrogen-bond acceptors (Lipinski definition) is 0. The minimum absolute atomic E-state index is 0. The van der Waals surface area contributed by atoms with E-state index in [4.69, 9.17) is 0 Å². The first-order valence-electron chi connectivity index (χ1n) is 20.3. The van der Waals surface area contributed by atoms with Crippen molar-refractivity contribution in [3.63, 3.8) is 0 Å². The van der Waals surface area contributed by atoms with Gasteiger partial charge in [-0.2, -0.15) is 36.6 Å². The first kappa shape index (κ1) is 41.8. The molecule has 10 rings (SSSR count). The van der Waals surface area contributed by atoms with Crippen LogP contribution >= 0.6 is 0 Å². The van der Waals surface area contributed by atoms with Gasteiger partial charge in [0.25, 0.3) is 0 Å². The van der Waals surface area contributed by atoms with Gasteiger partial charge < -0.3 is 13.8 Å². The Morgan fingerprint density at radius 1 is 0.474 bits per heavy atom. The second-order valence-corrected chi connectivity index (χ2v) is 14.9. The summed E-state index contributed by atoms with van der Waals surface area (Å²) in [7, 11) is 0. The fourth-order valence-corrected chi connectivity index (χ4v) is 7.76. The molecule has 0 radical (unpaired) electrons. The van der Waals surface area contributed by atoms with Crippen LogP contribution in [0.15, 0.2) is 146 Å². The minimum Gasteiger partial charge on any atom is -0.343 e. The van der Waals surface area contributed by atoms with E-state index in [1.165, 1.54) is 112 Å². The summed E-state index contributed by atoms with van der Waals surface area (Å²) in [5.74, 6) is 0. The van der Waals surface area contributed by atoms with Crippen LogP contribution in [0.2, 0.25) is 0 Å². The standard InChI is InChI=1S/C33H21.C15H13.2C4H9.Zr/c1-3-11-28-22(7-1)9-5-13-30(28)24-15-17-32-26(19-24)21-27-20-25(16-18-33(27)32)31-14-6-10-23-8-2-4-12-29(23)31;1-10-3-5-14-12(7-10)9-13-8-11(2)4-6-15(13)14;2*1-3-4-2;/h1-19H,21H2;3-7H,9H2,1-2H3;2*1,3-4H2,2H3;/q4*-1;+4. The van der Waals surface area contributed by atoms with Crippen LogP contribution in [0.4, 0.5) is 0 Å². The summed E-state index contributed by atoms with van der Waals surface area (Å²) in [6.45, 7) is 15.7. The summed E-state index contributed by atoms with van der Waals surface area (Å²) in [5.41, 5.74) is 18.5. The normalized spacial score (nSPS) is 11.3. The zero-order valence-corrected chi connectivity index (χ0v) is 36.5. The number of fused-ring (bicyclic) bond motifs is 8. The van der Waals surface area contributed by atoms with E-state index in [2.05, 4.69) is 199 Å². The van der Waals surface area contributed by atoms with Gasteiger partial charge in [-0.25, -0.2) is 0 Å². The van der Waals surface area contributed by atoms with Crippen molar-refractivity contribution in [1.29, 1.82) is 0 Å². The van der Waals surface area contributed by atoms with Gasteiger partial charge in [-0.3, -0.25) is 0 Å². The van der Waals surface area contributed by atoms with Gasteiger partial charge in [-0.05, 0) is 58.2 Å². The molecule has 2 aliphatic rings. The molecule has 0 atom stereocenters. The average molecular weight is 816 g/mol. The molecule has 0 unspecified atom stereocenters. The van der Waals surface area contributed by atoms with E-state index < -0.39 is 0 Å². The predicted octanol–water partition coefficient (Wildman–Crippen LogP) is 15.6. The van der Waals surface area contributed by atoms with Crippen LogP contribution in [-0.4, -0.2) is 0 Å². The maximum absolute atomic E-state index is 3.77. The molecule has 0 heterocycles. The van der Waals surface area contributed by atoms with Gasteiger partial charge in [0.1, 0.15) is 0 Å². The third-order valence-electron chi connectivity index (χ3n) is 10.8. The molecule has 8 aromatic rings. The van der Waals surface area contributed by atoms with Crippen molar-refractivity contribution in [2.45, 2.75) is 66.2 Å². The largest absolute Gasteiger partial charge is 4.00 e. The smallest absolute Gasteiger partial charge is 0.343 e. The van der Waals surface area contributed by atoms with Crippen molar-refractivity contribution in [3.05, 3.63) is 205 Å². The Kier molecular flexibility index (Phi) is 14.3. The molecule has 2 aliphatic carbocycles. The fraction of sp³-hybridized carbons (Fsp3) is 0.179. The first-order chi connectivity index (χ1) is 27.4. The van der Waals surface area contributed by atoms with E-state index in [1.54, 1.807) is 0 Å². The quantitative estimate of drug-likeness (QED) is 0.155. The molecule has 0 N–H and O–H groups in total. The second-order valence-electron chi connectivity index (χ2n) is 14.9. The molecule has 0 amide bonds. The third-order valence-corrected chi connectivity index (χ3v) is 10.8. The zero-order chi connectivity index (χ0) is 39.0. The summed E-state index contributed by atoms with van der Waals surface area (Å²) >= 11 is 0. The number of benzene rings is 8. The summed E-state index contributed by atoms with van der Waals surface area (Å²) < 4.78 is 0. The molecular formula is C56H52Zr. The Morgan fingerprint density at radius 2 is 0.965 bits per heavy atom. The van der Waals surface area contributed by atoms with Crippen LogP contribution < -0.4 is 0 Å². The number of aryl methyl sites for hydroxylation is 2. The van der Waals surface area contributed by atoms with Gasteiger partial charge in [0, 0.05) is 0 Å². The van der Waals surface area contributed by atoms with E-state index in [1.807, 2.05) is 0 Å². The molecule has 0 spiro atoms. The zero-order valence-electron chi connectivity index (χ0n) is 34.0. The maximum atomic E-state index is 3.77. The number of rotatable bonds is 4. The van der Waals surface area contributed by atoms with Crippen LogP contribution in [0.5, 0.6) is 0 Å². The summed E-state index contributed by atoms with van der Waals surface area (Å²) in [4.78, 5) is 0. The molecule has 57 heavy (non-hydrogen) atoms. The van der Waals surface area contributed by atoms with Crippen LogP contribution in [0, 0.1) is 39.8 Å². The minimum atomic E-state index is 0. The molecule has 0 aliphatic heterocycles. The molecule has 0 nitrogen and oxygen atoms in total. The van der Waals surface area contributed by atoms with E-state index in [0.717, 1.165) is 25.7 Å². The Bertz CT molecular complexity index is 2410. The molecule has 0 saturated heterocycles. The van der Waals surface area contributed by atoms with E-state index in [9.17, 15) is 0 Å². The summed E-state index contributed by atoms with van der Waals surface area (Å²) in [5, 5.41) is 5.14. The molecule has 280 valence electrons. The van der Waals surface area contributed by atoms with Crippen molar-refractivity contribution in [2.24, 2.45) is 0 Å². The maximum Gasteiger partial charge on any atom is 4.00 e. The summed E-state index contributed by atoms with van der Waals surface area (Å²) in [6, 6.07) is 60.1. The topological polar surface area (TPSA) is 0 Å². The Labute approximate surface area is 361 Å². The first-order valence-corrected chi connectivity index (χ1v) is 20.3. The molecular weight excluding hydrogens is 764 g/mol. The Balaban J connectivity index is 0.000000190. The Morgan fingerprint density at radius 3 is 1.60 bits per heavy atom. The van der Waals surface area contributed by atoms with Crippen molar-refractivity contribution < 1.29 is 26.2 Å². The SMILES string of the molecule is Cc1[c-]c2c(cc1)-c1ccc(C)cc1C2.[CH2-]CCC.[CH2-]CCC.[Zr+4].[c-]1c(-c2cccc3ccccc23)ccc2c1Cc1cc(-c3cccc4ccccc34)ccc1-2. The number of unbranched alkanes of at least 4 members (excludes halogenated alkanes) is 2. The van der Waals surface area contributed by atoms with Crippen LogP contribution in [0.3, 0.4) is 0 Å². The molecule has 0 bridgehead atoms. The monoisotopic (exact) mass is 814 g/mol. The van der Waals surface area contributed by atoms with Gasteiger partial charge >= 0.3 is 26.2 Å². The van der Waals surface area contributed by atoms with E-state index in [-0.39, 0.29) is 26.2 Å². The van der Waals surface area contributed by atoms with Gasteiger partial charge in [-0.15, -0.1) is 40.5 Å². The van der Waals surface area contributed by atoms with Crippen molar-refractivity contribution in [3.8, 4) is 44.5 Å². The molecule has 0 fully saturated rings. The number of hydrogen-bond donors (Lipinski definition) is 0. The van der Waals surface area contributed by atoms with Gasteiger partial charge in [0.05, 0.1) is 0 Å². The van der Waals surface area contributed by atoms with Crippen molar-refractivity contribution in [1.82, 2.24) is 0 Å². The third kappa shape index (κ3) is 9.32. The van der Waals surface area contributed by atoms with E-state index >= 15 is 0 Å². The van der Waals surface area contributed by atoms with Gasteiger partial charge in [0.15, 0.2) is 0 Å². The van der Waals surface area contributed by atoms with Gasteiger partial charge in [-0.1, -0.05) is 188 Å². The van der Waals surface area contributed by atoms with Crippen molar-refractivity contribution >= 4 is 21.5 Å². The summed E-state index contributed by atoms with van der Waals surface area (Å²) in [6.07, 6.45) is 6.54. The van der Waals surface area contributed by atoms with Crippen LogP contribution in [0.25, 0.3) is 66.1 Å². The second kappa shape index (κ2) is 19.5. The van der Waals surface area contributed by atoms with E-state index in [0.29, 0.717) is 0 Å². The Hall–Kier alpha value is -4.84. The van der Waals surface area contributed by atoms with Crippen molar-refractivity contribution in [2.75, 3.05) is 0 Å². The van der Waals surface area contributed by atoms with Crippen LogP contribution in [-0.2, 0) is 39.0 Å². The predicted molar refractivity (Wildman–Crippen MR) is 243 cm³/mol. The fourth-order valence-electron chi connectivity index (χ4n) is 7.76. The molecule has 8 aromatic carbocycles. The van der Waals surface area contributed by atoms with Gasteiger partial charge in [0.2, 0.25) is 0 Å². The molecule has 0 saturated carbocycles. The molecule has 1 heteroatoms.